The molecule has 27 heavy (non-hydrogen) atoms. The first-order chi connectivity index (χ1) is 13.0. The van der Waals surface area contributed by atoms with Gasteiger partial charge >= 0.3 is 0 Å². The highest BCUT2D eigenvalue weighted by molar-refractivity contribution is 7.89. The molecule has 0 amide bonds. The first-order valence-electron chi connectivity index (χ1n) is 8.56. The van der Waals surface area contributed by atoms with Gasteiger partial charge in [0.2, 0.25) is 15.9 Å². The van der Waals surface area contributed by atoms with Crippen LogP contribution >= 0.6 is 0 Å². The van der Waals surface area contributed by atoms with E-state index in [9.17, 15) is 8.42 Å². The molecule has 1 aromatic carbocycles. The van der Waals surface area contributed by atoms with Gasteiger partial charge in [-0.2, -0.15) is 0 Å². The summed E-state index contributed by atoms with van der Waals surface area (Å²) in [5.74, 6) is 0.531. The normalized spacial score (nSPS) is 12.5. The fourth-order valence-electron chi connectivity index (χ4n) is 2.72. The minimum absolute atomic E-state index is 0.218. The van der Waals surface area contributed by atoms with Crippen molar-refractivity contribution in [3.05, 3.63) is 72.7 Å². The van der Waals surface area contributed by atoms with Gasteiger partial charge in [-0.25, -0.2) is 18.1 Å². The smallest absolute Gasteiger partial charge is 0.241 e. The van der Waals surface area contributed by atoms with Gasteiger partial charge in [-0.05, 0) is 41.8 Å². The van der Waals surface area contributed by atoms with Crippen LogP contribution in [0.1, 0.15) is 24.9 Å². The zero-order valence-electron chi connectivity index (χ0n) is 15.2. The minimum atomic E-state index is -3.64. The molecule has 3 aromatic rings. The highest BCUT2D eigenvalue weighted by atomic mass is 32.2. The molecule has 1 N–H and O–H groups in total. The quantitative estimate of drug-likeness (QED) is 0.674. The molecule has 2 heterocycles. The summed E-state index contributed by atoms with van der Waals surface area (Å²) in [6.07, 6.45) is 5.66. The molecule has 6 nitrogen and oxygen atoms in total. The van der Waals surface area contributed by atoms with E-state index in [2.05, 4.69) is 14.7 Å². The maximum Gasteiger partial charge on any atom is 0.241 e. The molecule has 0 saturated carbocycles. The molecular formula is C20H21N3O3S. The molecule has 0 saturated heterocycles. The summed E-state index contributed by atoms with van der Waals surface area (Å²) < 4.78 is 33.3. The number of benzene rings is 1. The predicted molar refractivity (Wildman–Crippen MR) is 104 cm³/mol. The van der Waals surface area contributed by atoms with Gasteiger partial charge in [0.25, 0.3) is 0 Å². The lowest BCUT2D eigenvalue weighted by atomic mass is 10.1. The number of sulfonamides is 1. The number of nitrogens with zero attached hydrogens (tertiary/aromatic N) is 2. The van der Waals surface area contributed by atoms with Crippen LogP contribution in [0, 0.1) is 0 Å². The van der Waals surface area contributed by atoms with Crippen molar-refractivity contribution in [1.29, 1.82) is 0 Å². The fourth-order valence-corrected chi connectivity index (χ4v) is 4.03. The Morgan fingerprint density at radius 2 is 1.78 bits per heavy atom. The van der Waals surface area contributed by atoms with Crippen LogP contribution in [0.15, 0.2) is 72.0 Å². The zero-order valence-corrected chi connectivity index (χ0v) is 16.0. The van der Waals surface area contributed by atoms with Gasteiger partial charge in [0.1, 0.15) is 0 Å². The first kappa shape index (κ1) is 19.0. The molecule has 0 aliphatic carbocycles. The lowest BCUT2D eigenvalue weighted by molar-refractivity contribution is 0.398. The lowest BCUT2D eigenvalue weighted by Crippen LogP contribution is -2.28. The molecule has 140 valence electrons. The highest BCUT2D eigenvalue weighted by Gasteiger charge is 2.20. The fraction of sp³-hybridized carbons (Fsp3) is 0.200. The SMILES string of the molecule is CCC(NS(=O)(=O)c1ccc(-c2ccc(OC)nc2)cc1)c1cccnc1. The monoisotopic (exact) mass is 383 g/mol. The van der Waals surface area contributed by atoms with Crippen molar-refractivity contribution in [2.75, 3.05) is 7.11 Å². The molecule has 0 bridgehead atoms. The van der Waals surface area contributed by atoms with Crippen molar-refractivity contribution < 1.29 is 13.2 Å². The third kappa shape index (κ3) is 4.50. The Morgan fingerprint density at radius 1 is 1.04 bits per heavy atom. The molecule has 3 rings (SSSR count). The summed E-state index contributed by atoms with van der Waals surface area (Å²) in [4.78, 5) is 8.45. The van der Waals surface area contributed by atoms with Crippen molar-refractivity contribution in [3.8, 4) is 17.0 Å². The molecule has 0 spiro atoms. The van der Waals surface area contributed by atoms with E-state index < -0.39 is 10.0 Å². The third-order valence-corrected chi connectivity index (χ3v) is 5.72. The Kier molecular flexibility index (Phi) is 5.83. The summed E-state index contributed by atoms with van der Waals surface area (Å²) in [5, 5.41) is 0. The second-order valence-electron chi connectivity index (χ2n) is 5.98. The van der Waals surface area contributed by atoms with E-state index in [0.29, 0.717) is 12.3 Å². The highest BCUT2D eigenvalue weighted by Crippen LogP contribution is 2.24. The van der Waals surface area contributed by atoms with Crippen LogP contribution in [-0.2, 0) is 10.0 Å². The molecular weight excluding hydrogens is 362 g/mol. The average Bonchev–Trinajstić information content (AvgIpc) is 2.73. The van der Waals surface area contributed by atoms with Crippen molar-refractivity contribution in [1.82, 2.24) is 14.7 Å². The number of aromatic nitrogens is 2. The number of hydrogen-bond donors (Lipinski definition) is 1. The summed E-state index contributed by atoms with van der Waals surface area (Å²) in [7, 11) is -2.08. The van der Waals surface area contributed by atoms with Crippen LogP contribution in [0.4, 0.5) is 0 Å². The summed E-state index contributed by atoms with van der Waals surface area (Å²) >= 11 is 0. The van der Waals surface area contributed by atoms with Gasteiger partial charge in [-0.3, -0.25) is 4.98 Å². The van der Waals surface area contributed by atoms with Crippen molar-refractivity contribution in [2.24, 2.45) is 0 Å². The number of nitrogens with one attached hydrogen (secondary N) is 1. The largest absolute Gasteiger partial charge is 0.481 e. The Balaban J connectivity index is 1.80. The second kappa shape index (κ2) is 8.28. The molecule has 7 heteroatoms. The number of rotatable bonds is 7. The van der Waals surface area contributed by atoms with Crippen LogP contribution in [0.2, 0.25) is 0 Å². The van der Waals surface area contributed by atoms with Gasteiger partial charge in [-0.15, -0.1) is 0 Å². The van der Waals surface area contributed by atoms with E-state index >= 15 is 0 Å². The van der Waals surface area contributed by atoms with Gasteiger partial charge < -0.3 is 4.74 Å². The van der Waals surface area contributed by atoms with E-state index in [1.807, 2.05) is 19.1 Å². The number of hydrogen-bond acceptors (Lipinski definition) is 5. The lowest BCUT2D eigenvalue weighted by Gasteiger charge is -2.17. The van der Waals surface area contributed by atoms with Gasteiger partial charge in [0, 0.05) is 36.3 Å². The van der Waals surface area contributed by atoms with E-state index in [1.54, 1.807) is 62.1 Å². The maximum absolute atomic E-state index is 12.7. The van der Waals surface area contributed by atoms with Crippen molar-refractivity contribution in [2.45, 2.75) is 24.3 Å². The van der Waals surface area contributed by atoms with Gasteiger partial charge in [-0.1, -0.05) is 25.1 Å². The average molecular weight is 383 g/mol. The second-order valence-corrected chi connectivity index (χ2v) is 7.70. The maximum atomic E-state index is 12.7. The summed E-state index contributed by atoms with van der Waals surface area (Å²) in [6.45, 7) is 1.93. The summed E-state index contributed by atoms with van der Waals surface area (Å²) in [6, 6.07) is 13.7. The molecule has 0 radical (unpaired) electrons. The molecule has 0 aliphatic heterocycles. The van der Waals surface area contributed by atoms with E-state index in [0.717, 1.165) is 16.7 Å². The first-order valence-corrected chi connectivity index (χ1v) is 10.0. The Morgan fingerprint density at radius 3 is 2.33 bits per heavy atom. The van der Waals surface area contributed by atoms with Gasteiger partial charge in [0.05, 0.1) is 12.0 Å². The Hall–Kier alpha value is -2.77. The van der Waals surface area contributed by atoms with E-state index in [-0.39, 0.29) is 10.9 Å². The minimum Gasteiger partial charge on any atom is -0.481 e. The zero-order chi connectivity index (χ0) is 19.3. The molecule has 0 fully saturated rings. The van der Waals surface area contributed by atoms with Crippen LogP contribution in [0.3, 0.4) is 0 Å². The van der Waals surface area contributed by atoms with Crippen LogP contribution in [0.5, 0.6) is 5.88 Å². The molecule has 1 unspecified atom stereocenters. The van der Waals surface area contributed by atoms with E-state index in [1.165, 1.54) is 0 Å². The Labute approximate surface area is 159 Å². The summed E-state index contributed by atoms with van der Waals surface area (Å²) in [5.41, 5.74) is 2.60. The van der Waals surface area contributed by atoms with Crippen LogP contribution < -0.4 is 9.46 Å². The Bertz CT molecular complexity index is 973. The molecule has 0 aliphatic rings. The third-order valence-electron chi connectivity index (χ3n) is 4.24. The van der Waals surface area contributed by atoms with Crippen molar-refractivity contribution >= 4 is 10.0 Å². The standard InChI is InChI=1S/C20H21N3O3S/c1-3-19(17-5-4-12-21-13-17)23-27(24,25)18-9-6-15(7-10-18)16-8-11-20(26-2)22-14-16/h4-14,19,23H,3H2,1-2H3. The topological polar surface area (TPSA) is 81.2 Å². The van der Waals surface area contributed by atoms with Crippen molar-refractivity contribution in [3.63, 3.8) is 0 Å². The number of ether oxygens (including phenoxy) is 1. The van der Waals surface area contributed by atoms with Gasteiger partial charge in [0.15, 0.2) is 0 Å². The molecule has 1 atom stereocenters. The molecule has 2 aromatic heterocycles. The van der Waals surface area contributed by atoms with Crippen LogP contribution in [0.25, 0.3) is 11.1 Å². The van der Waals surface area contributed by atoms with Crippen LogP contribution in [-0.4, -0.2) is 25.5 Å². The van der Waals surface area contributed by atoms with E-state index in [4.69, 9.17) is 4.74 Å². The number of pyridine rings is 2. The predicted octanol–water partition coefficient (Wildman–Crippen LogP) is 3.58. The number of methoxy groups -OCH3 is 1.